The average Bonchev–Trinajstić information content (AvgIpc) is 2.91. The molecular weight excluding hydrogens is 290 g/mol. The molecular formula is C14H21N3O5. The Kier molecular flexibility index (Phi) is 6.09. The van der Waals surface area contributed by atoms with E-state index in [2.05, 4.69) is 10.5 Å². The average molecular weight is 311 g/mol. The van der Waals surface area contributed by atoms with Gasteiger partial charge < -0.3 is 19.8 Å². The topological polar surface area (TPSA) is 113 Å². The van der Waals surface area contributed by atoms with Crippen LogP contribution in [0.3, 0.4) is 0 Å². The summed E-state index contributed by atoms with van der Waals surface area (Å²) in [5, 5.41) is 15.4. The zero-order chi connectivity index (χ0) is 16.9. The van der Waals surface area contributed by atoms with Crippen molar-refractivity contribution in [1.82, 2.24) is 15.4 Å². The molecule has 0 radical (unpaired) electrons. The van der Waals surface area contributed by atoms with Gasteiger partial charge in [-0.3, -0.25) is 9.59 Å². The molecule has 0 aliphatic carbocycles. The van der Waals surface area contributed by atoms with Crippen molar-refractivity contribution in [2.75, 3.05) is 13.1 Å². The Hall–Kier alpha value is -2.38. The molecule has 1 heterocycles. The first-order valence-electron chi connectivity index (χ1n) is 6.98. The minimum atomic E-state index is -1.14. The predicted octanol–water partition coefficient (Wildman–Crippen LogP) is 0.849. The molecule has 2 amide bonds. The van der Waals surface area contributed by atoms with Crippen LogP contribution in [0.15, 0.2) is 10.6 Å². The van der Waals surface area contributed by atoms with Crippen molar-refractivity contribution in [2.24, 2.45) is 0 Å². The number of nitrogens with zero attached hydrogens (tertiary/aromatic N) is 2. The summed E-state index contributed by atoms with van der Waals surface area (Å²) < 4.78 is 5.00. The summed E-state index contributed by atoms with van der Waals surface area (Å²) >= 11 is 0. The molecule has 0 saturated heterocycles. The lowest BCUT2D eigenvalue weighted by atomic mass is 10.1. The number of rotatable bonds is 7. The number of carboxylic acid groups (broad SMARTS) is 1. The van der Waals surface area contributed by atoms with Gasteiger partial charge in [-0.05, 0) is 12.8 Å². The quantitative estimate of drug-likeness (QED) is 0.772. The Bertz CT molecular complexity index is 552. The van der Waals surface area contributed by atoms with E-state index in [4.69, 9.17) is 9.63 Å². The molecule has 2 N–H and O–H groups in total. The van der Waals surface area contributed by atoms with Gasteiger partial charge in [-0.25, -0.2) is 4.79 Å². The van der Waals surface area contributed by atoms with Crippen molar-refractivity contribution in [3.63, 3.8) is 0 Å². The molecule has 122 valence electrons. The van der Waals surface area contributed by atoms with Gasteiger partial charge >= 0.3 is 5.97 Å². The van der Waals surface area contributed by atoms with Crippen molar-refractivity contribution >= 4 is 17.8 Å². The van der Waals surface area contributed by atoms with Crippen molar-refractivity contribution < 1.29 is 24.0 Å². The van der Waals surface area contributed by atoms with Gasteiger partial charge in [0.2, 0.25) is 11.7 Å². The van der Waals surface area contributed by atoms with Gasteiger partial charge in [0.25, 0.3) is 5.91 Å². The SMILES string of the molecule is CC(=O)NCCN(C(=O)c1cc(C(C)C)no1)C(C)C(=O)O. The lowest BCUT2D eigenvalue weighted by Gasteiger charge is -2.25. The standard InChI is InChI=1S/C14H21N3O5/c1-8(2)11-7-12(22-16-11)13(19)17(9(3)14(20)21)6-5-15-10(4)18/h7-9H,5-6H2,1-4H3,(H,15,18)(H,20,21). The predicted molar refractivity (Wildman–Crippen MR) is 77.4 cm³/mol. The van der Waals surface area contributed by atoms with E-state index in [9.17, 15) is 14.4 Å². The maximum absolute atomic E-state index is 12.4. The van der Waals surface area contributed by atoms with Crippen molar-refractivity contribution in [3.05, 3.63) is 17.5 Å². The first-order valence-corrected chi connectivity index (χ1v) is 6.98. The molecule has 0 bridgehead atoms. The summed E-state index contributed by atoms with van der Waals surface area (Å²) in [5.74, 6) is -1.88. The first-order chi connectivity index (χ1) is 10.2. The fraction of sp³-hybridized carbons (Fsp3) is 0.571. The van der Waals surface area contributed by atoms with Crippen LogP contribution in [0.4, 0.5) is 0 Å². The van der Waals surface area contributed by atoms with Gasteiger partial charge in [-0.2, -0.15) is 0 Å². The molecule has 0 spiro atoms. The number of hydrogen-bond acceptors (Lipinski definition) is 5. The fourth-order valence-corrected chi connectivity index (χ4v) is 1.76. The van der Waals surface area contributed by atoms with Gasteiger partial charge in [0.1, 0.15) is 6.04 Å². The number of nitrogens with one attached hydrogen (secondary N) is 1. The number of carboxylic acids is 1. The van der Waals surface area contributed by atoms with Crippen molar-refractivity contribution in [2.45, 2.75) is 39.7 Å². The van der Waals surface area contributed by atoms with Crippen molar-refractivity contribution in [3.8, 4) is 0 Å². The zero-order valence-electron chi connectivity index (χ0n) is 13.1. The summed E-state index contributed by atoms with van der Waals surface area (Å²) in [6, 6.07) is 0.460. The molecule has 0 aliphatic rings. The molecule has 0 aromatic carbocycles. The van der Waals surface area contributed by atoms with Crippen LogP contribution in [0, 0.1) is 0 Å². The van der Waals surface area contributed by atoms with E-state index >= 15 is 0 Å². The van der Waals surface area contributed by atoms with E-state index in [0.29, 0.717) is 5.69 Å². The van der Waals surface area contributed by atoms with Gasteiger partial charge in [-0.15, -0.1) is 0 Å². The molecule has 1 aromatic rings. The largest absolute Gasteiger partial charge is 0.480 e. The van der Waals surface area contributed by atoms with Crippen LogP contribution in [0.25, 0.3) is 0 Å². The second kappa shape index (κ2) is 7.58. The second-order valence-electron chi connectivity index (χ2n) is 5.27. The monoisotopic (exact) mass is 311 g/mol. The third-order valence-electron chi connectivity index (χ3n) is 3.14. The molecule has 0 fully saturated rings. The minimum Gasteiger partial charge on any atom is -0.480 e. The van der Waals surface area contributed by atoms with Crippen LogP contribution in [0.5, 0.6) is 0 Å². The molecule has 22 heavy (non-hydrogen) atoms. The van der Waals surface area contributed by atoms with Crippen LogP contribution in [-0.2, 0) is 9.59 Å². The highest BCUT2D eigenvalue weighted by Gasteiger charge is 2.29. The normalized spacial score (nSPS) is 12.0. The molecule has 1 rings (SSSR count). The molecule has 8 nitrogen and oxygen atoms in total. The lowest BCUT2D eigenvalue weighted by Crippen LogP contribution is -2.46. The van der Waals surface area contributed by atoms with Crippen LogP contribution < -0.4 is 5.32 Å². The third kappa shape index (κ3) is 4.57. The highest BCUT2D eigenvalue weighted by Crippen LogP contribution is 2.16. The Morgan fingerprint density at radius 1 is 1.36 bits per heavy atom. The van der Waals surface area contributed by atoms with Gasteiger partial charge in [-0.1, -0.05) is 19.0 Å². The van der Waals surface area contributed by atoms with Crippen LogP contribution >= 0.6 is 0 Å². The van der Waals surface area contributed by atoms with E-state index < -0.39 is 17.9 Å². The number of hydrogen-bond donors (Lipinski definition) is 2. The molecule has 0 saturated carbocycles. The maximum Gasteiger partial charge on any atom is 0.326 e. The number of aromatic nitrogens is 1. The van der Waals surface area contributed by atoms with E-state index in [1.54, 1.807) is 0 Å². The fourth-order valence-electron chi connectivity index (χ4n) is 1.76. The molecule has 1 unspecified atom stereocenters. The van der Waals surface area contributed by atoms with Gasteiger partial charge in [0.05, 0.1) is 5.69 Å². The number of amides is 2. The highest BCUT2D eigenvalue weighted by atomic mass is 16.5. The Labute approximate surface area is 128 Å². The number of carbonyl (C=O) groups is 3. The second-order valence-corrected chi connectivity index (χ2v) is 5.27. The maximum atomic E-state index is 12.4. The highest BCUT2D eigenvalue weighted by molar-refractivity contribution is 5.94. The summed E-state index contributed by atoms with van der Waals surface area (Å²) in [6.07, 6.45) is 0. The lowest BCUT2D eigenvalue weighted by molar-refractivity contribution is -0.141. The molecule has 1 aromatic heterocycles. The molecule has 8 heteroatoms. The zero-order valence-corrected chi connectivity index (χ0v) is 13.1. The number of aliphatic carboxylic acids is 1. The van der Waals surface area contributed by atoms with E-state index in [-0.39, 0.29) is 30.7 Å². The van der Waals surface area contributed by atoms with Gasteiger partial charge in [0.15, 0.2) is 0 Å². The third-order valence-corrected chi connectivity index (χ3v) is 3.14. The summed E-state index contributed by atoms with van der Waals surface area (Å²) in [4.78, 5) is 35.6. The Morgan fingerprint density at radius 3 is 2.45 bits per heavy atom. The Balaban J connectivity index is 2.90. The van der Waals surface area contributed by atoms with Crippen LogP contribution in [-0.4, -0.2) is 52.1 Å². The van der Waals surface area contributed by atoms with Gasteiger partial charge in [0, 0.05) is 26.1 Å². The Morgan fingerprint density at radius 2 is 2.00 bits per heavy atom. The van der Waals surface area contributed by atoms with Crippen molar-refractivity contribution in [1.29, 1.82) is 0 Å². The summed E-state index contributed by atoms with van der Waals surface area (Å²) in [7, 11) is 0. The smallest absolute Gasteiger partial charge is 0.326 e. The summed E-state index contributed by atoms with van der Waals surface area (Å²) in [5.41, 5.74) is 0.619. The minimum absolute atomic E-state index is 0.0142. The molecule has 0 aliphatic heterocycles. The van der Waals surface area contributed by atoms with E-state index in [0.717, 1.165) is 4.90 Å². The van der Waals surface area contributed by atoms with E-state index in [1.165, 1.54) is 19.9 Å². The summed E-state index contributed by atoms with van der Waals surface area (Å²) in [6.45, 7) is 6.76. The van der Waals surface area contributed by atoms with Crippen LogP contribution in [0.2, 0.25) is 0 Å². The number of carbonyl (C=O) groups excluding carboxylic acids is 2. The van der Waals surface area contributed by atoms with E-state index in [1.807, 2.05) is 13.8 Å². The molecule has 1 atom stereocenters. The first kappa shape index (κ1) is 17.7. The van der Waals surface area contributed by atoms with Crippen LogP contribution in [0.1, 0.15) is 49.9 Å².